The highest BCUT2D eigenvalue weighted by atomic mass is 79.9. The second-order valence-electron chi connectivity index (χ2n) is 6.34. The highest BCUT2D eigenvalue weighted by molar-refractivity contribution is 9.10. The van der Waals surface area contributed by atoms with E-state index < -0.39 is 5.91 Å². The summed E-state index contributed by atoms with van der Waals surface area (Å²) in [4.78, 5) is 20.5. The second kappa shape index (κ2) is 9.59. The van der Waals surface area contributed by atoms with Crippen molar-refractivity contribution >= 4 is 40.3 Å². The lowest BCUT2D eigenvalue weighted by molar-refractivity contribution is 0.0928. The fraction of sp³-hybridized carbons (Fsp3) is 0.286. The van der Waals surface area contributed by atoms with Crippen LogP contribution < -0.4 is 5.32 Å². The summed E-state index contributed by atoms with van der Waals surface area (Å²) in [5.41, 5.74) is 2.18. The first kappa shape index (κ1) is 21.8. The largest absolute Gasteiger partial charge is 0.504 e. The minimum atomic E-state index is -0.541. The van der Waals surface area contributed by atoms with Gasteiger partial charge in [0.25, 0.3) is 5.91 Å². The smallest absolute Gasteiger partial charge is 0.274 e. The number of nitrogens with one attached hydrogen (secondary N) is 1. The number of benzene rings is 1. The number of hydrogen-bond acceptors (Lipinski definition) is 4. The maximum absolute atomic E-state index is 13.3. The summed E-state index contributed by atoms with van der Waals surface area (Å²) in [7, 11) is 0. The number of aromatic nitrogens is 1. The quantitative estimate of drug-likeness (QED) is 0.479. The van der Waals surface area contributed by atoms with Gasteiger partial charge in [-0.05, 0) is 58.7 Å². The van der Waals surface area contributed by atoms with Crippen LogP contribution in [0.25, 0.3) is 6.08 Å². The normalized spacial score (nSPS) is 14.5. The zero-order valence-corrected chi connectivity index (χ0v) is 17.5. The molecule has 0 fully saturated rings. The highest BCUT2D eigenvalue weighted by Gasteiger charge is 2.27. The van der Waals surface area contributed by atoms with E-state index in [9.17, 15) is 14.3 Å². The van der Waals surface area contributed by atoms with Gasteiger partial charge in [-0.2, -0.15) is 0 Å². The Morgan fingerprint density at radius 2 is 2.18 bits per heavy atom. The molecule has 1 aliphatic rings. The zero-order valence-electron chi connectivity index (χ0n) is 15.9. The third-order valence-corrected chi connectivity index (χ3v) is 4.81. The summed E-state index contributed by atoms with van der Waals surface area (Å²) in [5, 5.41) is 13.2. The fourth-order valence-electron chi connectivity index (χ4n) is 3.01. The van der Waals surface area contributed by atoms with Gasteiger partial charge in [-0.3, -0.25) is 9.79 Å². The molecule has 2 aromatic rings. The first-order valence-corrected chi connectivity index (χ1v) is 9.77. The highest BCUT2D eigenvalue weighted by Crippen LogP contribution is 2.38. The number of aryl methyl sites for hydroxylation is 1. The van der Waals surface area contributed by atoms with Crippen molar-refractivity contribution < 1.29 is 14.3 Å². The van der Waals surface area contributed by atoms with Crippen LogP contribution >= 0.6 is 15.9 Å². The molecule has 0 saturated heterocycles. The van der Waals surface area contributed by atoms with Crippen LogP contribution in [0.2, 0.25) is 0 Å². The Kier molecular flexibility index (Phi) is 7.45. The molecule has 1 amide bonds. The number of aromatic hydroxyl groups is 1. The predicted molar refractivity (Wildman–Crippen MR) is 114 cm³/mol. The van der Waals surface area contributed by atoms with E-state index in [4.69, 9.17) is 0 Å². The molecule has 7 heteroatoms. The Morgan fingerprint density at radius 1 is 1.50 bits per heavy atom. The number of rotatable bonds is 4. The van der Waals surface area contributed by atoms with Crippen molar-refractivity contribution in [2.24, 2.45) is 4.99 Å². The summed E-state index contributed by atoms with van der Waals surface area (Å²) < 4.78 is 13.6. The van der Waals surface area contributed by atoms with E-state index in [2.05, 4.69) is 58.4 Å². The van der Waals surface area contributed by atoms with Crippen molar-refractivity contribution in [1.82, 2.24) is 10.3 Å². The molecule has 1 aromatic heterocycles. The van der Waals surface area contributed by atoms with Gasteiger partial charge in [0.05, 0.1) is 6.04 Å². The van der Waals surface area contributed by atoms with Gasteiger partial charge in [0.1, 0.15) is 16.1 Å². The van der Waals surface area contributed by atoms with Crippen molar-refractivity contribution in [3.05, 3.63) is 57.6 Å². The van der Waals surface area contributed by atoms with Crippen LogP contribution in [0, 0.1) is 5.82 Å². The lowest BCUT2D eigenvalue weighted by Crippen LogP contribution is -2.28. The van der Waals surface area contributed by atoms with Gasteiger partial charge < -0.3 is 10.4 Å². The van der Waals surface area contributed by atoms with Crippen molar-refractivity contribution in [3.8, 4) is 5.75 Å². The molecular weight excluding hydrogens is 425 g/mol. The first-order chi connectivity index (χ1) is 13.4. The number of aliphatic imine (C=N–C) groups is 1. The SMILES string of the molecule is C=Cc1c(Br)nc(C(=O)NC2CCc3cc(F)ccc32)c(O)c1N=C.CCC. The van der Waals surface area contributed by atoms with Crippen molar-refractivity contribution in [2.75, 3.05) is 0 Å². The minimum Gasteiger partial charge on any atom is -0.504 e. The van der Waals surface area contributed by atoms with E-state index in [1.54, 1.807) is 6.07 Å². The van der Waals surface area contributed by atoms with E-state index >= 15 is 0 Å². The van der Waals surface area contributed by atoms with E-state index in [-0.39, 0.29) is 29.0 Å². The van der Waals surface area contributed by atoms with E-state index in [0.29, 0.717) is 23.0 Å². The maximum atomic E-state index is 13.3. The standard InChI is InChI=1S/C18H15BrFN3O2.C3H8/c1-3-11-14(21-2)16(24)15(23-17(11)19)18(25)22-13-7-4-9-8-10(20)5-6-12(9)13;1-3-2/h3,5-6,8,13,24H,1-2,4,7H2,(H,22,25);3H2,1-2H3. The number of nitrogens with zero attached hydrogens (tertiary/aromatic N) is 2. The van der Waals surface area contributed by atoms with E-state index in [0.717, 1.165) is 11.1 Å². The van der Waals surface area contributed by atoms with Crippen molar-refractivity contribution in [1.29, 1.82) is 0 Å². The molecule has 28 heavy (non-hydrogen) atoms. The molecule has 1 unspecified atom stereocenters. The van der Waals surface area contributed by atoms with Gasteiger partial charge in [-0.25, -0.2) is 9.37 Å². The number of fused-ring (bicyclic) bond motifs is 1. The molecule has 1 heterocycles. The molecule has 0 saturated carbocycles. The first-order valence-electron chi connectivity index (χ1n) is 8.98. The topological polar surface area (TPSA) is 74.6 Å². The second-order valence-corrected chi connectivity index (χ2v) is 7.09. The number of hydrogen-bond donors (Lipinski definition) is 2. The Morgan fingerprint density at radius 3 is 2.79 bits per heavy atom. The summed E-state index contributed by atoms with van der Waals surface area (Å²) >= 11 is 3.24. The Bertz CT molecular complexity index is 915. The zero-order chi connectivity index (χ0) is 20.8. The van der Waals surface area contributed by atoms with Crippen LogP contribution in [-0.4, -0.2) is 22.7 Å². The van der Waals surface area contributed by atoms with Gasteiger partial charge in [-0.15, -0.1) is 0 Å². The average molecular weight is 448 g/mol. The summed E-state index contributed by atoms with van der Waals surface area (Å²) in [6.07, 6.45) is 4.05. The number of carbonyl (C=O) groups excluding carboxylic acids is 1. The van der Waals surface area contributed by atoms with Crippen LogP contribution in [0.3, 0.4) is 0 Å². The number of amides is 1. The van der Waals surface area contributed by atoms with Gasteiger partial charge in [0, 0.05) is 5.56 Å². The number of halogens is 2. The summed E-state index contributed by atoms with van der Waals surface area (Å²) in [6.45, 7) is 11.3. The maximum Gasteiger partial charge on any atom is 0.274 e. The Balaban J connectivity index is 0.000000878. The van der Waals surface area contributed by atoms with Crippen molar-refractivity contribution in [2.45, 2.75) is 39.2 Å². The summed E-state index contributed by atoms with van der Waals surface area (Å²) in [5.74, 6) is -1.19. The molecule has 5 nitrogen and oxygen atoms in total. The third-order valence-electron chi connectivity index (χ3n) is 4.20. The molecule has 1 aliphatic carbocycles. The van der Waals surface area contributed by atoms with Crippen LogP contribution in [0.5, 0.6) is 5.75 Å². The lowest BCUT2D eigenvalue weighted by Gasteiger charge is -2.16. The monoisotopic (exact) mass is 447 g/mol. The van der Waals surface area contributed by atoms with Crippen LogP contribution in [0.15, 0.2) is 34.4 Å². The summed E-state index contributed by atoms with van der Waals surface area (Å²) in [6, 6.07) is 4.26. The molecular formula is C21H23BrFN3O2. The molecule has 0 spiro atoms. The predicted octanol–water partition coefficient (Wildman–Crippen LogP) is 5.50. The Labute approximate surface area is 172 Å². The number of carbonyl (C=O) groups is 1. The average Bonchev–Trinajstić information content (AvgIpc) is 3.05. The minimum absolute atomic E-state index is 0.135. The van der Waals surface area contributed by atoms with Crippen LogP contribution in [0.4, 0.5) is 10.1 Å². The van der Waals surface area contributed by atoms with E-state index in [1.807, 2.05) is 0 Å². The van der Waals surface area contributed by atoms with Gasteiger partial charge >= 0.3 is 0 Å². The molecule has 0 bridgehead atoms. The molecule has 2 N–H and O–H groups in total. The molecule has 0 aliphatic heterocycles. The third kappa shape index (κ3) is 4.47. The fourth-order valence-corrected chi connectivity index (χ4v) is 3.54. The van der Waals surface area contributed by atoms with E-state index in [1.165, 1.54) is 24.6 Å². The van der Waals surface area contributed by atoms with Gasteiger partial charge in [-0.1, -0.05) is 39.0 Å². The Hall–Kier alpha value is -2.54. The van der Waals surface area contributed by atoms with Gasteiger partial charge in [0.15, 0.2) is 11.4 Å². The molecule has 3 rings (SSSR count). The van der Waals surface area contributed by atoms with Crippen LogP contribution in [-0.2, 0) is 6.42 Å². The van der Waals surface area contributed by atoms with Crippen molar-refractivity contribution in [3.63, 3.8) is 0 Å². The molecule has 0 radical (unpaired) electrons. The number of pyridine rings is 1. The van der Waals surface area contributed by atoms with Crippen LogP contribution in [0.1, 0.15) is 59.9 Å². The molecule has 148 valence electrons. The lowest BCUT2D eigenvalue weighted by atomic mass is 10.1. The molecule has 1 aromatic carbocycles. The van der Waals surface area contributed by atoms with Gasteiger partial charge in [0.2, 0.25) is 0 Å². The molecule has 1 atom stereocenters.